The largest absolute Gasteiger partial charge is 0.467 e. The maximum absolute atomic E-state index is 11.9. The molecule has 1 aromatic heterocycles. The lowest BCUT2D eigenvalue weighted by Crippen LogP contribution is -2.27. The van der Waals surface area contributed by atoms with Crippen LogP contribution in [0.2, 0.25) is 10.0 Å². The Bertz CT molecular complexity index is 581. The molecule has 0 radical (unpaired) electrons. The molecule has 112 valence electrons. The molecule has 0 aliphatic rings. The van der Waals surface area contributed by atoms with Gasteiger partial charge in [0.05, 0.1) is 18.1 Å². The van der Waals surface area contributed by atoms with E-state index in [2.05, 4.69) is 5.32 Å². The number of carbonyl (C=O) groups is 1. The molecule has 0 spiro atoms. The molecule has 1 N–H and O–H groups in total. The minimum absolute atomic E-state index is 0.0490. The molecule has 3 nitrogen and oxygen atoms in total. The number of hydrogen-bond acceptors (Lipinski definition) is 3. The molecule has 0 fully saturated rings. The van der Waals surface area contributed by atoms with E-state index in [1.807, 2.05) is 13.0 Å². The van der Waals surface area contributed by atoms with Crippen molar-refractivity contribution in [1.29, 1.82) is 0 Å². The van der Waals surface area contributed by atoms with Gasteiger partial charge in [0.25, 0.3) is 0 Å². The summed E-state index contributed by atoms with van der Waals surface area (Å²) in [4.78, 5) is 11.9. The van der Waals surface area contributed by atoms with Gasteiger partial charge in [0.1, 0.15) is 5.76 Å². The van der Waals surface area contributed by atoms with Crippen LogP contribution >= 0.6 is 35.0 Å². The first-order chi connectivity index (χ1) is 10.1. The Balaban J connectivity index is 1.79. The van der Waals surface area contributed by atoms with E-state index in [0.29, 0.717) is 21.6 Å². The molecule has 0 saturated heterocycles. The van der Waals surface area contributed by atoms with Gasteiger partial charge in [-0.2, -0.15) is 0 Å². The number of halogens is 2. The summed E-state index contributed by atoms with van der Waals surface area (Å²) in [6, 6.07) is 8.88. The Kier molecular flexibility index (Phi) is 6.03. The maximum atomic E-state index is 11.9. The van der Waals surface area contributed by atoms with Crippen molar-refractivity contribution in [2.75, 3.05) is 5.75 Å². The summed E-state index contributed by atoms with van der Waals surface area (Å²) in [6.07, 6.45) is 1.59. The molecule has 2 aromatic rings. The fourth-order valence-electron chi connectivity index (χ4n) is 1.81. The van der Waals surface area contributed by atoms with E-state index in [1.165, 1.54) is 11.8 Å². The van der Waals surface area contributed by atoms with Gasteiger partial charge in [0.2, 0.25) is 5.91 Å². The lowest BCUT2D eigenvalue weighted by Gasteiger charge is -2.11. The number of furan rings is 1. The number of nitrogens with one attached hydrogen (secondary N) is 1. The van der Waals surface area contributed by atoms with E-state index < -0.39 is 0 Å². The van der Waals surface area contributed by atoms with Crippen molar-refractivity contribution in [2.45, 2.75) is 18.7 Å². The average molecular weight is 344 g/mol. The Morgan fingerprint density at radius 2 is 2.00 bits per heavy atom. The predicted octanol–water partition coefficient (Wildman–Crippen LogP) is 4.70. The first kappa shape index (κ1) is 16.3. The van der Waals surface area contributed by atoms with E-state index in [-0.39, 0.29) is 11.9 Å². The van der Waals surface area contributed by atoms with Gasteiger partial charge in [0, 0.05) is 15.8 Å². The quantitative estimate of drug-likeness (QED) is 0.826. The molecular weight excluding hydrogens is 329 g/mol. The standard InChI is InChI=1S/C15H15Cl2NO2S/c1-10(14-6-3-7-20-14)18-15(19)9-21-8-11-12(16)4-2-5-13(11)17/h2-7,10H,8-9H2,1H3,(H,18,19). The highest BCUT2D eigenvalue weighted by molar-refractivity contribution is 7.99. The van der Waals surface area contributed by atoms with Crippen LogP contribution in [0.3, 0.4) is 0 Å². The molecule has 21 heavy (non-hydrogen) atoms. The van der Waals surface area contributed by atoms with Gasteiger partial charge in [0.15, 0.2) is 0 Å². The minimum Gasteiger partial charge on any atom is -0.467 e. The van der Waals surface area contributed by atoms with Gasteiger partial charge in [-0.05, 0) is 36.8 Å². The second-order valence-corrected chi connectivity index (χ2v) is 6.30. The van der Waals surface area contributed by atoms with Crippen molar-refractivity contribution in [3.8, 4) is 0 Å². The van der Waals surface area contributed by atoms with Crippen LogP contribution in [0.1, 0.15) is 24.3 Å². The van der Waals surface area contributed by atoms with Gasteiger partial charge >= 0.3 is 0 Å². The van der Waals surface area contributed by atoms with Crippen molar-refractivity contribution in [3.05, 3.63) is 58.0 Å². The Morgan fingerprint density at radius 1 is 1.29 bits per heavy atom. The van der Waals surface area contributed by atoms with Crippen molar-refractivity contribution in [1.82, 2.24) is 5.32 Å². The van der Waals surface area contributed by atoms with Crippen molar-refractivity contribution >= 4 is 40.9 Å². The van der Waals surface area contributed by atoms with Crippen LogP contribution < -0.4 is 5.32 Å². The summed E-state index contributed by atoms with van der Waals surface area (Å²) >= 11 is 13.6. The van der Waals surface area contributed by atoms with Crippen LogP contribution in [0, 0.1) is 0 Å². The van der Waals surface area contributed by atoms with Crippen LogP contribution in [0.4, 0.5) is 0 Å². The van der Waals surface area contributed by atoms with Gasteiger partial charge < -0.3 is 9.73 Å². The highest BCUT2D eigenvalue weighted by atomic mass is 35.5. The molecule has 6 heteroatoms. The zero-order valence-electron chi connectivity index (χ0n) is 11.4. The van der Waals surface area contributed by atoms with Crippen molar-refractivity contribution in [2.24, 2.45) is 0 Å². The predicted molar refractivity (Wildman–Crippen MR) is 87.9 cm³/mol. The van der Waals surface area contributed by atoms with E-state index in [9.17, 15) is 4.79 Å². The molecule has 1 atom stereocenters. The summed E-state index contributed by atoms with van der Waals surface area (Å²) in [6.45, 7) is 1.88. The number of benzene rings is 1. The fraction of sp³-hybridized carbons (Fsp3) is 0.267. The monoisotopic (exact) mass is 343 g/mol. The number of hydrogen-bond donors (Lipinski definition) is 1. The Morgan fingerprint density at radius 3 is 2.62 bits per heavy atom. The van der Waals surface area contributed by atoms with Crippen LogP contribution in [0.15, 0.2) is 41.0 Å². The lowest BCUT2D eigenvalue weighted by atomic mass is 10.2. The third-order valence-electron chi connectivity index (χ3n) is 2.89. The normalized spacial score (nSPS) is 12.1. The van der Waals surface area contributed by atoms with Gasteiger partial charge in [-0.25, -0.2) is 0 Å². The SMILES string of the molecule is CC(NC(=O)CSCc1c(Cl)cccc1Cl)c1ccco1. The Labute approximate surface area is 138 Å². The third kappa shape index (κ3) is 4.70. The number of thioether (sulfide) groups is 1. The smallest absolute Gasteiger partial charge is 0.230 e. The summed E-state index contributed by atoms with van der Waals surface area (Å²) in [5.41, 5.74) is 0.859. The van der Waals surface area contributed by atoms with Crippen LogP contribution in [0.5, 0.6) is 0 Å². The fourth-order valence-corrected chi connectivity index (χ4v) is 3.38. The van der Waals surface area contributed by atoms with Crippen molar-refractivity contribution < 1.29 is 9.21 Å². The average Bonchev–Trinajstić information content (AvgIpc) is 2.96. The number of amides is 1. The van der Waals surface area contributed by atoms with Crippen LogP contribution in [-0.2, 0) is 10.5 Å². The van der Waals surface area contributed by atoms with E-state index >= 15 is 0 Å². The van der Waals surface area contributed by atoms with E-state index in [4.69, 9.17) is 27.6 Å². The van der Waals surface area contributed by atoms with E-state index in [0.717, 1.165) is 11.3 Å². The van der Waals surface area contributed by atoms with Crippen molar-refractivity contribution in [3.63, 3.8) is 0 Å². The van der Waals surface area contributed by atoms with Gasteiger partial charge in [-0.1, -0.05) is 29.3 Å². The van der Waals surface area contributed by atoms with Gasteiger partial charge in [-0.15, -0.1) is 11.8 Å². The van der Waals surface area contributed by atoms with Crippen LogP contribution in [-0.4, -0.2) is 11.7 Å². The number of carbonyl (C=O) groups excluding carboxylic acids is 1. The topological polar surface area (TPSA) is 42.2 Å². The first-order valence-corrected chi connectivity index (χ1v) is 8.32. The summed E-state index contributed by atoms with van der Waals surface area (Å²) in [5.74, 6) is 1.63. The molecule has 1 amide bonds. The molecule has 0 bridgehead atoms. The summed E-state index contributed by atoms with van der Waals surface area (Å²) < 4.78 is 5.24. The lowest BCUT2D eigenvalue weighted by molar-refractivity contribution is -0.119. The van der Waals surface area contributed by atoms with Crippen LogP contribution in [0.25, 0.3) is 0 Å². The highest BCUT2D eigenvalue weighted by Crippen LogP contribution is 2.28. The second-order valence-electron chi connectivity index (χ2n) is 4.50. The molecule has 0 aliphatic heterocycles. The molecule has 0 aliphatic carbocycles. The van der Waals surface area contributed by atoms with Gasteiger partial charge in [-0.3, -0.25) is 4.79 Å². The third-order valence-corrected chi connectivity index (χ3v) is 4.56. The molecule has 1 heterocycles. The highest BCUT2D eigenvalue weighted by Gasteiger charge is 2.12. The summed E-state index contributed by atoms with van der Waals surface area (Å²) in [7, 11) is 0. The maximum Gasteiger partial charge on any atom is 0.230 e. The van der Waals surface area contributed by atoms with E-state index in [1.54, 1.807) is 30.5 Å². The zero-order chi connectivity index (χ0) is 15.2. The first-order valence-electron chi connectivity index (χ1n) is 6.41. The second kappa shape index (κ2) is 7.78. The zero-order valence-corrected chi connectivity index (χ0v) is 13.8. The summed E-state index contributed by atoms with van der Waals surface area (Å²) in [5, 5.41) is 4.13. The Hall–Kier alpha value is -1.10. The number of rotatable bonds is 6. The molecule has 2 rings (SSSR count). The molecule has 1 unspecified atom stereocenters. The molecular formula is C15H15Cl2NO2S. The molecule has 0 saturated carbocycles. The minimum atomic E-state index is -0.142. The molecule has 1 aromatic carbocycles.